The lowest BCUT2D eigenvalue weighted by Crippen LogP contribution is -2.51. The highest BCUT2D eigenvalue weighted by atomic mass is 32.1. The van der Waals surface area contributed by atoms with Crippen LogP contribution in [0.15, 0.2) is 30.0 Å². The van der Waals surface area contributed by atoms with E-state index in [4.69, 9.17) is 26.4 Å². The highest BCUT2D eigenvalue weighted by molar-refractivity contribution is 7.80. The average Bonchev–Trinajstić information content (AvgIpc) is 2.60. The zero-order valence-electron chi connectivity index (χ0n) is 14.2. The Kier molecular flexibility index (Phi) is 6.03. The quantitative estimate of drug-likeness (QED) is 0.624. The zero-order valence-corrected chi connectivity index (χ0v) is 15.0. The topological polar surface area (TPSA) is 68.8 Å². The van der Waals surface area contributed by atoms with Crippen LogP contribution in [-0.2, 0) is 9.53 Å². The number of nitrogens with one attached hydrogen (secondary N) is 2. The smallest absolute Gasteiger partial charge is 0.317 e. The van der Waals surface area contributed by atoms with Crippen molar-refractivity contribution in [1.82, 2.24) is 10.6 Å². The second-order valence-electron chi connectivity index (χ2n) is 5.26. The van der Waals surface area contributed by atoms with Crippen molar-refractivity contribution in [2.75, 3.05) is 21.3 Å². The van der Waals surface area contributed by atoms with Crippen molar-refractivity contribution in [2.24, 2.45) is 5.92 Å². The Hall–Kier alpha value is -2.28. The van der Waals surface area contributed by atoms with Gasteiger partial charge in [0.05, 0.1) is 27.4 Å². The van der Waals surface area contributed by atoms with E-state index in [0.717, 1.165) is 17.7 Å². The molecule has 2 rings (SSSR count). The van der Waals surface area contributed by atoms with Gasteiger partial charge in [-0.1, -0.05) is 19.1 Å². The Morgan fingerprint density at radius 2 is 1.96 bits per heavy atom. The summed E-state index contributed by atoms with van der Waals surface area (Å²) in [7, 11) is 4.53. The summed E-state index contributed by atoms with van der Waals surface area (Å²) in [6.45, 7) is 2.00. The first kappa shape index (κ1) is 18.1. The van der Waals surface area contributed by atoms with Gasteiger partial charge in [0, 0.05) is 5.70 Å². The van der Waals surface area contributed by atoms with Crippen molar-refractivity contribution in [3.05, 3.63) is 35.5 Å². The van der Waals surface area contributed by atoms with Crippen molar-refractivity contribution in [1.29, 1.82) is 0 Å². The van der Waals surface area contributed by atoms with E-state index < -0.39 is 5.92 Å². The molecule has 0 unspecified atom stereocenters. The SMILES string of the molecule is CC/C=C1/NC(=S)N[C@@H](c2ccc(OC)c(OC)c2)[C@H]1C(=O)OC. The second-order valence-corrected chi connectivity index (χ2v) is 5.67. The van der Waals surface area contributed by atoms with E-state index in [9.17, 15) is 4.79 Å². The van der Waals surface area contributed by atoms with E-state index >= 15 is 0 Å². The monoisotopic (exact) mass is 350 g/mol. The molecule has 6 nitrogen and oxygen atoms in total. The normalized spacial score (nSPS) is 21.7. The number of hydrogen-bond donors (Lipinski definition) is 2. The molecular formula is C17H22N2O4S. The minimum Gasteiger partial charge on any atom is -0.493 e. The molecule has 1 aliphatic heterocycles. The molecule has 1 aromatic rings. The summed E-state index contributed by atoms with van der Waals surface area (Å²) in [5.41, 5.74) is 1.60. The van der Waals surface area contributed by atoms with Crippen molar-refractivity contribution in [3.8, 4) is 11.5 Å². The lowest BCUT2D eigenvalue weighted by atomic mass is 9.88. The molecule has 0 spiro atoms. The summed E-state index contributed by atoms with van der Waals surface area (Å²) >= 11 is 5.29. The van der Waals surface area contributed by atoms with Gasteiger partial charge in [-0.3, -0.25) is 4.79 Å². The zero-order chi connectivity index (χ0) is 17.7. The van der Waals surface area contributed by atoms with Gasteiger partial charge in [-0.2, -0.15) is 0 Å². The molecule has 0 amide bonds. The third kappa shape index (κ3) is 3.62. The number of rotatable bonds is 5. The maximum atomic E-state index is 12.4. The van der Waals surface area contributed by atoms with Gasteiger partial charge in [0.1, 0.15) is 5.92 Å². The first-order valence-corrected chi connectivity index (χ1v) is 8.03. The lowest BCUT2D eigenvalue weighted by Gasteiger charge is -2.35. The second kappa shape index (κ2) is 8.01. The summed E-state index contributed by atoms with van der Waals surface area (Å²) in [5.74, 6) is 0.347. The molecule has 7 heteroatoms. The maximum absolute atomic E-state index is 12.4. The molecule has 24 heavy (non-hydrogen) atoms. The van der Waals surface area contributed by atoms with Crippen LogP contribution in [0.5, 0.6) is 11.5 Å². The lowest BCUT2D eigenvalue weighted by molar-refractivity contribution is -0.145. The van der Waals surface area contributed by atoms with Crippen molar-refractivity contribution >= 4 is 23.3 Å². The van der Waals surface area contributed by atoms with Gasteiger partial charge < -0.3 is 24.8 Å². The van der Waals surface area contributed by atoms with Crippen LogP contribution in [0.3, 0.4) is 0 Å². The first-order valence-electron chi connectivity index (χ1n) is 7.63. The van der Waals surface area contributed by atoms with E-state index in [1.807, 2.05) is 25.1 Å². The number of benzene rings is 1. The standard InChI is InChI=1S/C17H22N2O4S/c1-5-6-11-14(16(20)23-4)15(19-17(24)18-11)10-7-8-12(21-2)13(9-10)22-3/h6-9,14-15H,5H2,1-4H3,(H2,18,19,24)/b11-6+/t14-,15-/m0/s1. The van der Waals surface area contributed by atoms with Crippen molar-refractivity contribution < 1.29 is 19.0 Å². The maximum Gasteiger partial charge on any atom is 0.317 e. The largest absolute Gasteiger partial charge is 0.493 e. The molecule has 2 atom stereocenters. The summed E-state index contributed by atoms with van der Waals surface area (Å²) in [5, 5.41) is 6.68. The molecule has 0 saturated carbocycles. The van der Waals surface area contributed by atoms with Crippen molar-refractivity contribution in [3.63, 3.8) is 0 Å². The Morgan fingerprint density at radius 3 is 2.54 bits per heavy atom. The first-order chi connectivity index (χ1) is 11.5. The molecule has 0 aromatic heterocycles. The van der Waals surface area contributed by atoms with E-state index in [-0.39, 0.29) is 12.0 Å². The molecule has 1 aromatic carbocycles. The fourth-order valence-electron chi connectivity index (χ4n) is 2.76. The number of carbonyl (C=O) groups is 1. The van der Waals surface area contributed by atoms with Gasteiger partial charge in [0.15, 0.2) is 16.6 Å². The fourth-order valence-corrected chi connectivity index (χ4v) is 3.00. The molecule has 0 radical (unpaired) electrons. The van der Waals surface area contributed by atoms with Crippen LogP contribution in [0.1, 0.15) is 24.9 Å². The Morgan fingerprint density at radius 1 is 1.25 bits per heavy atom. The van der Waals surface area contributed by atoms with Crippen LogP contribution >= 0.6 is 12.2 Å². The van der Waals surface area contributed by atoms with Gasteiger partial charge in [-0.15, -0.1) is 0 Å². The predicted octanol–water partition coefficient (Wildman–Crippen LogP) is 2.31. The van der Waals surface area contributed by atoms with Crippen molar-refractivity contribution in [2.45, 2.75) is 19.4 Å². The highest BCUT2D eigenvalue weighted by Gasteiger charge is 2.38. The molecule has 1 saturated heterocycles. The molecule has 1 heterocycles. The third-order valence-electron chi connectivity index (χ3n) is 3.86. The predicted molar refractivity (Wildman–Crippen MR) is 95.0 cm³/mol. The molecule has 1 fully saturated rings. The summed E-state index contributed by atoms with van der Waals surface area (Å²) in [6, 6.07) is 5.17. The van der Waals surface area contributed by atoms with Crippen LogP contribution in [-0.4, -0.2) is 32.4 Å². The Labute approximate surface area is 147 Å². The van der Waals surface area contributed by atoms with Gasteiger partial charge in [-0.25, -0.2) is 0 Å². The summed E-state index contributed by atoms with van der Waals surface area (Å²) in [6.07, 6.45) is 2.72. The number of ether oxygens (including phenoxy) is 3. The minimum absolute atomic E-state index is 0.336. The van der Waals surface area contributed by atoms with Crippen LogP contribution in [0.2, 0.25) is 0 Å². The molecule has 0 bridgehead atoms. The molecular weight excluding hydrogens is 328 g/mol. The number of allylic oxidation sites excluding steroid dienone is 1. The van der Waals surface area contributed by atoms with Crippen LogP contribution in [0, 0.1) is 5.92 Å². The van der Waals surface area contributed by atoms with E-state index in [2.05, 4.69) is 10.6 Å². The Bertz CT molecular complexity index is 660. The van der Waals surface area contributed by atoms with Crippen LogP contribution in [0.25, 0.3) is 0 Å². The van der Waals surface area contributed by atoms with Gasteiger partial charge in [-0.05, 0) is 36.3 Å². The Balaban J connectivity index is 2.49. The number of esters is 1. The summed E-state index contributed by atoms with van der Waals surface area (Å²) in [4.78, 5) is 12.4. The van der Waals surface area contributed by atoms with Gasteiger partial charge in [0.2, 0.25) is 0 Å². The molecule has 0 aliphatic carbocycles. The van der Waals surface area contributed by atoms with Gasteiger partial charge >= 0.3 is 5.97 Å². The average molecular weight is 350 g/mol. The third-order valence-corrected chi connectivity index (χ3v) is 4.08. The van der Waals surface area contributed by atoms with E-state index in [1.165, 1.54) is 7.11 Å². The van der Waals surface area contributed by atoms with E-state index in [0.29, 0.717) is 16.6 Å². The number of methoxy groups -OCH3 is 3. The number of thiocarbonyl (C=S) groups is 1. The fraction of sp³-hybridized carbons (Fsp3) is 0.412. The summed E-state index contributed by atoms with van der Waals surface area (Å²) < 4.78 is 15.6. The number of carbonyl (C=O) groups excluding carboxylic acids is 1. The van der Waals surface area contributed by atoms with E-state index in [1.54, 1.807) is 20.3 Å². The number of hydrogen-bond acceptors (Lipinski definition) is 5. The van der Waals surface area contributed by atoms with Gasteiger partial charge in [0.25, 0.3) is 0 Å². The highest BCUT2D eigenvalue weighted by Crippen LogP contribution is 2.36. The minimum atomic E-state index is -0.528. The molecule has 1 aliphatic rings. The molecule has 2 N–H and O–H groups in total. The van der Waals surface area contributed by atoms with Crippen LogP contribution < -0.4 is 20.1 Å². The van der Waals surface area contributed by atoms with Crippen LogP contribution in [0.4, 0.5) is 0 Å². The molecule has 130 valence electrons.